The zero-order valence-corrected chi connectivity index (χ0v) is 10.8. The van der Waals surface area contributed by atoms with Crippen LogP contribution in [-0.4, -0.2) is 9.97 Å². The fourth-order valence-corrected chi connectivity index (χ4v) is 2.85. The maximum Gasteiger partial charge on any atom is 0.127 e. The minimum atomic E-state index is -0.210. The van der Waals surface area contributed by atoms with E-state index in [1.165, 1.54) is 12.0 Å². The van der Waals surface area contributed by atoms with E-state index in [4.69, 9.17) is 5.73 Å². The molecule has 16 heavy (non-hydrogen) atoms. The fourth-order valence-electron chi connectivity index (χ4n) is 2.28. The molecule has 0 atom stereocenters. The summed E-state index contributed by atoms with van der Waals surface area (Å²) in [4.78, 5) is 8.00. The van der Waals surface area contributed by atoms with Crippen LogP contribution in [0.3, 0.4) is 0 Å². The van der Waals surface area contributed by atoms with E-state index in [1.54, 1.807) is 0 Å². The summed E-state index contributed by atoms with van der Waals surface area (Å²) < 4.78 is 1.08. The average molecular weight is 280 g/mol. The lowest BCUT2D eigenvalue weighted by atomic mass is 9.77. The van der Waals surface area contributed by atoms with Gasteiger partial charge in [-0.3, -0.25) is 0 Å². The molecule has 1 aromatic heterocycles. The number of hydrogen-bond donors (Lipinski definition) is 2. The Labute approximate surface area is 103 Å². The summed E-state index contributed by atoms with van der Waals surface area (Å²) in [5.74, 6) is 0.940. The molecule has 1 saturated carbocycles. The Morgan fingerprint density at radius 2 is 2.19 bits per heavy atom. The topological polar surface area (TPSA) is 54.7 Å². The van der Waals surface area contributed by atoms with Crippen molar-refractivity contribution in [1.82, 2.24) is 9.97 Å². The van der Waals surface area contributed by atoms with Crippen molar-refractivity contribution < 1.29 is 0 Å². The number of benzene rings is 1. The number of aromatic nitrogens is 2. The first-order chi connectivity index (χ1) is 7.58. The summed E-state index contributed by atoms with van der Waals surface area (Å²) in [7, 11) is 0. The van der Waals surface area contributed by atoms with Crippen LogP contribution < -0.4 is 5.73 Å². The van der Waals surface area contributed by atoms with Gasteiger partial charge in [0, 0.05) is 4.47 Å². The van der Waals surface area contributed by atoms with E-state index in [-0.39, 0.29) is 5.54 Å². The second-order valence-corrected chi connectivity index (χ2v) is 5.63. The number of rotatable bonds is 1. The van der Waals surface area contributed by atoms with Gasteiger partial charge in [0.2, 0.25) is 0 Å². The standard InChI is InChI=1S/C12H14BrN3/c1-7-5-8(13)6-9-10(7)16-11(15-9)12(14)3-2-4-12/h5-6H,2-4,14H2,1H3,(H,15,16). The molecule has 0 saturated heterocycles. The van der Waals surface area contributed by atoms with Gasteiger partial charge in [0.05, 0.1) is 16.6 Å². The van der Waals surface area contributed by atoms with Crippen LogP contribution >= 0.6 is 15.9 Å². The Morgan fingerprint density at radius 1 is 1.44 bits per heavy atom. The predicted octanol–water partition coefficient (Wildman–Crippen LogP) is 2.97. The quantitative estimate of drug-likeness (QED) is 0.843. The largest absolute Gasteiger partial charge is 0.340 e. The Balaban J connectivity index is 2.19. The van der Waals surface area contributed by atoms with Crippen LogP contribution in [0, 0.1) is 6.92 Å². The molecule has 84 valence electrons. The third-order valence-electron chi connectivity index (χ3n) is 3.46. The van der Waals surface area contributed by atoms with Crippen molar-refractivity contribution in [2.24, 2.45) is 5.73 Å². The SMILES string of the molecule is Cc1cc(Br)cc2[nH]c(C3(N)CCC3)nc12. The molecule has 1 aromatic carbocycles. The number of nitrogens with two attached hydrogens (primary N) is 1. The van der Waals surface area contributed by atoms with Crippen LogP contribution in [0.25, 0.3) is 11.0 Å². The summed E-state index contributed by atoms with van der Waals surface area (Å²) in [6.45, 7) is 2.07. The first kappa shape index (κ1) is 10.3. The first-order valence-corrected chi connectivity index (χ1v) is 6.33. The highest BCUT2D eigenvalue weighted by atomic mass is 79.9. The van der Waals surface area contributed by atoms with E-state index in [0.717, 1.165) is 34.2 Å². The van der Waals surface area contributed by atoms with Crippen LogP contribution in [0.2, 0.25) is 0 Å². The van der Waals surface area contributed by atoms with Crippen LogP contribution in [-0.2, 0) is 5.54 Å². The zero-order chi connectivity index (χ0) is 11.3. The fraction of sp³-hybridized carbons (Fsp3) is 0.417. The van der Waals surface area contributed by atoms with Crippen molar-refractivity contribution in [3.8, 4) is 0 Å². The highest BCUT2D eigenvalue weighted by molar-refractivity contribution is 9.10. The Bertz CT molecular complexity index is 555. The molecule has 3 rings (SSSR count). The van der Waals surface area contributed by atoms with Crippen LogP contribution in [0.1, 0.15) is 30.7 Å². The molecule has 0 unspecified atom stereocenters. The Hall–Kier alpha value is -0.870. The van der Waals surface area contributed by atoms with Crippen molar-refractivity contribution in [3.05, 3.63) is 28.0 Å². The van der Waals surface area contributed by atoms with Gasteiger partial charge >= 0.3 is 0 Å². The molecular weight excluding hydrogens is 266 g/mol. The minimum Gasteiger partial charge on any atom is -0.340 e. The third kappa shape index (κ3) is 1.40. The monoisotopic (exact) mass is 279 g/mol. The van der Waals surface area contributed by atoms with E-state index in [1.807, 2.05) is 0 Å². The van der Waals surface area contributed by atoms with Crippen molar-refractivity contribution >= 4 is 27.0 Å². The minimum absolute atomic E-state index is 0.210. The highest BCUT2D eigenvalue weighted by Gasteiger charge is 2.37. The van der Waals surface area contributed by atoms with Crippen LogP contribution in [0.15, 0.2) is 16.6 Å². The van der Waals surface area contributed by atoms with Gasteiger partial charge in [-0.25, -0.2) is 4.98 Å². The van der Waals surface area contributed by atoms with Gasteiger partial charge in [-0.2, -0.15) is 0 Å². The van der Waals surface area contributed by atoms with Crippen molar-refractivity contribution in [2.45, 2.75) is 31.7 Å². The average Bonchev–Trinajstić information content (AvgIpc) is 2.58. The molecule has 1 aliphatic rings. The highest BCUT2D eigenvalue weighted by Crippen LogP contribution is 2.38. The number of nitrogens with one attached hydrogen (secondary N) is 1. The van der Waals surface area contributed by atoms with Crippen molar-refractivity contribution in [2.75, 3.05) is 0 Å². The van der Waals surface area contributed by atoms with Gasteiger partial charge in [-0.05, 0) is 43.9 Å². The van der Waals surface area contributed by atoms with Crippen LogP contribution in [0.5, 0.6) is 0 Å². The number of hydrogen-bond acceptors (Lipinski definition) is 2. The second kappa shape index (κ2) is 3.31. The summed E-state index contributed by atoms with van der Waals surface area (Å²) in [5, 5.41) is 0. The van der Waals surface area contributed by atoms with E-state index < -0.39 is 0 Å². The number of halogens is 1. The normalized spacial score (nSPS) is 18.7. The van der Waals surface area contributed by atoms with Crippen molar-refractivity contribution in [1.29, 1.82) is 0 Å². The van der Waals surface area contributed by atoms with Gasteiger partial charge in [0.15, 0.2) is 0 Å². The summed E-state index contributed by atoms with van der Waals surface area (Å²) in [6, 6.07) is 4.14. The molecule has 4 heteroatoms. The molecular formula is C12H14BrN3. The number of H-pyrrole nitrogens is 1. The molecule has 0 amide bonds. The second-order valence-electron chi connectivity index (χ2n) is 4.71. The lowest BCUT2D eigenvalue weighted by molar-refractivity contribution is 0.240. The molecule has 2 aromatic rings. The molecule has 1 heterocycles. The number of aromatic amines is 1. The van der Waals surface area contributed by atoms with E-state index >= 15 is 0 Å². The first-order valence-electron chi connectivity index (χ1n) is 5.54. The van der Waals surface area contributed by atoms with Crippen molar-refractivity contribution in [3.63, 3.8) is 0 Å². The maximum absolute atomic E-state index is 6.27. The van der Waals surface area contributed by atoms with E-state index in [0.29, 0.717) is 0 Å². The lowest BCUT2D eigenvalue weighted by Crippen LogP contribution is -2.44. The number of fused-ring (bicyclic) bond motifs is 1. The summed E-state index contributed by atoms with van der Waals surface area (Å²) >= 11 is 3.49. The third-order valence-corrected chi connectivity index (χ3v) is 3.92. The predicted molar refractivity (Wildman–Crippen MR) is 68.2 cm³/mol. The molecule has 0 aliphatic heterocycles. The van der Waals surface area contributed by atoms with Gasteiger partial charge < -0.3 is 10.7 Å². The summed E-state index contributed by atoms with van der Waals surface area (Å²) in [6.07, 6.45) is 3.27. The zero-order valence-electron chi connectivity index (χ0n) is 9.18. The lowest BCUT2D eigenvalue weighted by Gasteiger charge is -2.35. The maximum atomic E-state index is 6.27. The van der Waals surface area contributed by atoms with E-state index in [9.17, 15) is 0 Å². The Morgan fingerprint density at radius 3 is 2.81 bits per heavy atom. The smallest absolute Gasteiger partial charge is 0.127 e. The molecule has 3 N–H and O–H groups in total. The molecule has 1 aliphatic carbocycles. The Kier molecular flexibility index (Phi) is 2.13. The van der Waals surface area contributed by atoms with Crippen LogP contribution in [0.4, 0.5) is 0 Å². The van der Waals surface area contributed by atoms with Gasteiger partial charge in [0.1, 0.15) is 5.82 Å². The van der Waals surface area contributed by atoms with Gasteiger partial charge in [-0.1, -0.05) is 15.9 Å². The van der Waals surface area contributed by atoms with Gasteiger partial charge in [0.25, 0.3) is 0 Å². The molecule has 0 spiro atoms. The van der Waals surface area contributed by atoms with Gasteiger partial charge in [-0.15, -0.1) is 0 Å². The van der Waals surface area contributed by atoms with E-state index in [2.05, 4.69) is 45.0 Å². The molecule has 0 radical (unpaired) electrons. The molecule has 1 fully saturated rings. The number of nitrogens with zero attached hydrogens (tertiary/aromatic N) is 1. The molecule has 3 nitrogen and oxygen atoms in total. The number of aryl methyl sites for hydroxylation is 1. The number of imidazole rings is 1. The molecule has 0 bridgehead atoms. The summed E-state index contributed by atoms with van der Waals surface area (Å²) in [5.41, 5.74) is 9.34.